The number of anilines is 1. The van der Waals surface area contributed by atoms with Crippen LogP contribution < -0.4 is 5.32 Å². The van der Waals surface area contributed by atoms with Gasteiger partial charge in [-0.15, -0.1) is 0 Å². The zero-order valence-electron chi connectivity index (χ0n) is 11.6. The van der Waals surface area contributed by atoms with Gasteiger partial charge in [0.2, 0.25) is 5.76 Å². The van der Waals surface area contributed by atoms with Crippen LogP contribution >= 0.6 is 0 Å². The number of esters is 1. The number of furan rings is 1. The average Bonchev–Trinajstić information content (AvgIpc) is 2.93. The average molecular weight is 290 g/mol. The summed E-state index contributed by atoms with van der Waals surface area (Å²) in [5, 5.41) is 13.8. The Morgan fingerprint density at radius 1 is 1.43 bits per heavy atom. The third-order valence-corrected chi connectivity index (χ3v) is 3.01. The first-order valence-electron chi connectivity index (χ1n) is 6.16. The monoisotopic (exact) mass is 290 g/mol. The van der Waals surface area contributed by atoms with Crippen LogP contribution in [0.15, 0.2) is 34.9 Å². The second-order valence-corrected chi connectivity index (χ2v) is 4.38. The number of nitro groups is 1. The molecule has 0 saturated heterocycles. The molecule has 1 heterocycles. The number of rotatable bonds is 5. The van der Waals surface area contributed by atoms with E-state index in [1.807, 2.05) is 0 Å². The fourth-order valence-corrected chi connectivity index (χ4v) is 1.90. The van der Waals surface area contributed by atoms with Crippen LogP contribution in [-0.4, -0.2) is 18.0 Å². The van der Waals surface area contributed by atoms with E-state index < -0.39 is 10.9 Å². The van der Waals surface area contributed by atoms with Gasteiger partial charge in [-0.2, -0.15) is 0 Å². The van der Waals surface area contributed by atoms with E-state index in [4.69, 9.17) is 4.42 Å². The smallest absolute Gasteiger partial charge is 0.374 e. The molecule has 0 bridgehead atoms. The zero-order chi connectivity index (χ0) is 15.4. The number of non-ortho nitro benzene ring substituents is 1. The Labute approximate surface area is 120 Å². The Hall–Kier alpha value is -2.83. The molecule has 0 atom stereocenters. The maximum Gasteiger partial charge on any atom is 0.374 e. The Morgan fingerprint density at radius 2 is 2.19 bits per heavy atom. The van der Waals surface area contributed by atoms with Gasteiger partial charge in [0, 0.05) is 29.9 Å². The summed E-state index contributed by atoms with van der Waals surface area (Å²) >= 11 is 0. The van der Waals surface area contributed by atoms with Crippen molar-refractivity contribution in [1.82, 2.24) is 0 Å². The molecule has 21 heavy (non-hydrogen) atoms. The van der Waals surface area contributed by atoms with Gasteiger partial charge in [0.15, 0.2) is 0 Å². The summed E-state index contributed by atoms with van der Waals surface area (Å²) < 4.78 is 9.70. The highest BCUT2D eigenvalue weighted by Gasteiger charge is 2.16. The first-order valence-corrected chi connectivity index (χ1v) is 6.16. The van der Waals surface area contributed by atoms with Crippen LogP contribution in [0.25, 0.3) is 0 Å². The molecule has 0 saturated carbocycles. The number of ether oxygens (including phenoxy) is 1. The molecule has 0 aliphatic rings. The molecular weight excluding hydrogens is 276 g/mol. The normalized spacial score (nSPS) is 10.2. The highest BCUT2D eigenvalue weighted by Crippen LogP contribution is 2.22. The van der Waals surface area contributed by atoms with Crippen LogP contribution in [0.3, 0.4) is 0 Å². The number of aryl methyl sites for hydroxylation is 1. The molecule has 1 aromatic carbocycles. The van der Waals surface area contributed by atoms with Crippen LogP contribution in [0.4, 0.5) is 11.4 Å². The number of carbonyl (C=O) groups is 1. The van der Waals surface area contributed by atoms with Crippen molar-refractivity contribution in [3.05, 3.63) is 57.5 Å². The van der Waals surface area contributed by atoms with Gasteiger partial charge in [0.25, 0.3) is 5.69 Å². The van der Waals surface area contributed by atoms with Crippen LogP contribution in [0.5, 0.6) is 0 Å². The third-order valence-electron chi connectivity index (χ3n) is 3.01. The highest BCUT2D eigenvalue weighted by molar-refractivity contribution is 5.87. The second kappa shape index (κ2) is 6.08. The first kappa shape index (κ1) is 14.6. The molecule has 1 aromatic heterocycles. The number of nitrogens with one attached hydrogen (secondary N) is 1. The van der Waals surface area contributed by atoms with E-state index in [9.17, 15) is 14.9 Å². The summed E-state index contributed by atoms with van der Waals surface area (Å²) in [6.45, 7) is 2.12. The number of methoxy groups -OCH3 is 1. The minimum absolute atomic E-state index is 0.0385. The van der Waals surface area contributed by atoms with Crippen molar-refractivity contribution < 1.29 is 18.9 Å². The maximum absolute atomic E-state index is 11.5. The molecule has 7 heteroatoms. The Kier molecular flexibility index (Phi) is 4.22. The van der Waals surface area contributed by atoms with Crippen LogP contribution in [0.1, 0.15) is 21.7 Å². The lowest BCUT2D eigenvalue weighted by molar-refractivity contribution is -0.384. The molecule has 0 aliphatic carbocycles. The lowest BCUT2D eigenvalue weighted by Crippen LogP contribution is -2.07. The Bertz CT molecular complexity index is 678. The van der Waals surface area contributed by atoms with Crippen molar-refractivity contribution in [2.24, 2.45) is 0 Å². The van der Waals surface area contributed by atoms with Crippen molar-refractivity contribution in [3.63, 3.8) is 0 Å². The Morgan fingerprint density at radius 3 is 2.81 bits per heavy atom. The molecule has 7 nitrogen and oxygen atoms in total. The summed E-state index contributed by atoms with van der Waals surface area (Å²) in [6, 6.07) is 6.20. The first-order chi connectivity index (χ1) is 10.0. The lowest BCUT2D eigenvalue weighted by atomic mass is 10.1. The molecule has 1 N–H and O–H groups in total. The van der Waals surface area contributed by atoms with E-state index in [-0.39, 0.29) is 11.4 Å². The second-order valence-electron chi connectivity index (χ2n) is 4.38. The predicted octanol–water partition coefficient (Wildman–Crippen LogP) is 2.89. The zero-order valence-corrected chi connectivity index (χ0v) is 11.6. The standard InChI is InChI=1S/C14H14N2O5/c1-9-7-11(16(18)19)3-4-12(9)15-8-10-5-6-21-13(10)14(17)20-2/h3-7,15H,8H2,1-2H3. The van der Waals surface area contributed by atoms with Crippen molar-refractivity contribution in [2.75, 3.05) is 12.4 Å². The van der Waals surface area contributed by atoms with E-state index in [1.165, 1.54) is 25.5 Å². The maximum atomic E-state index is 11.5. The molecule has 2 rings (SSSR count). The van der Waals surface area contributed by atoms with Crippen LogP contribution in [0.2, 0.25) is 0 Å². The fraction of sp³-hybridized carbons (Fsp3) is 0.214. The Balaban J connectivity index is 2.12. The molecule has 0 amide bonds. The molecular formula is C14H14N2O5. The van der Waals surface area contributed by atoms with Gasteiger partial charge in [0.1, 0.15) is 0 Å². The molecule has 2 aromatic rings. The molecule has 0 spiro atoms. The number of nitrogens with zero attached hydrogens (tertiary/aromatic N) is 1. The molecule has 0 radical (unpaired) electrons. The summed E-state index contributed by atoms with van der Waals surface area (Å²) in [5.74, 6) is -0.401. The van der Waals surface area contributed by atoms with Gasteiger partial charge >= 0.3 is 5.97 Å². The number of hydrogen-bond acceptors (Lipinski definition) is 6. The van der Waals surface area contributed by atoms with E-state index in [1.54, 1.807) is 19.1 Å². The van der Waals surface area contributed by atoms with Gasteiger partial charge in [-0.05, 0) is 24.6 Å². The summed E-state index contributed by atoms with van der Waals surface area (Å²) in [4.78, 5) is 21.7. The summed E-state index contributed by atoms with van der Waals surface area (Å²) in [6.07, 6.45) is 1.41. The minimum atomic E-state index is -0.544. The molecule has 110 valence electrons. The van der Waals surface area contributed by atoms with Crippen molar-refractivity contribution in [3.8, 4) is 0 Å². The number of benzene rings is 1. The largest absolute Gasteiger partial charge is 0.463 e. The lowest BCUT2D eigenvalue weighted by Gasteiger charge is -2.09. The molecule has 0 fully saturated rings. The van der Waals surface area contributed by atoms with E-state index in [0.717, 1.165) is 11.3 Å². The van der Waals surface area contributed by atoms with Gasteiger partial charge < -0.3 is 14.5 Å². The van der Waals surface area contributed by atoms with Crippen LogP contribution in [-0.2, 0) is 11.3 Å². The number of carbonyl (C=O) groups excluding carboxylic acids is 1. The van der Waals surface area contributed by atoms with Crippen LogP contribution in [0, 0.1) is 17.0 Å². The predicted molar refractivity (Wildman–Crippen MR) is 75.2 cm³/mol. The minimum Gasteiger partial charge on any atom is -0.463 e. The van der Waals surface area contributed by atoms with Gasteiger partial charge in [-0.25, -0.2) is 4.79 Å². The fourth-order valence-electron chi connectivity index (χ4n) is 1.90. The van der Waals surface area contributed by atoms with Crippen molar-refractivity contribution in [1.29, 1.82) is 0 Å². The highest BCUT2D eigenvalue weighted by atomic mass is 16.6. The molecule has 0 unspecified atom stereocenters. The topological polar surface area (TPSA) is 94.6 Å². The number of hydrogen-bond donors (Lipinski definition) is 1. The van der Waals surface area contributed by atoms with E-state index in [2.05, 4.69) is 10.1 Å². The van der Waals surface area contributed by atoms with Gasteiger partial charge in [0.05, 0.1) is 18.3 Å². The van der Waals surface area contributed by atoms with Gasteiger partial charge in [-0.1, -0.05) is 0 Å². The van der Waals surface area contributed by atoms with Gasteiger partial charge in [-0.3, -0.25) is 10.1 Å². The summed E-state index contributed by atoms with van der Waals surface area (Å²) in [5.41, 5.74) is 2.18. The summed E-state index contributed by atoms with van der Waals surface area (Å²) in [7, 11) is 1.28. The SMILES string of the molecule is COC(=O)c1occc1CNc1ccc([N+](=O)[O-])cc1C. The van der Waals surface area contributed by atoms with E-state index >= 15 is 0 Å². The molecule has 0 aliphatic heterocycles. The van der Waals surface area contributed by atoms with Crippen molar-refractivity contribution >= 4 is 17.3 Å². The quantitative estimate of drug-likeness (QED) is 0.517. The van der Waals surface area contributed by atoms with E-state index in [0.29, 0.717) is 12.1 Å². The van der Waals surface area contributed by atoms with Crippen molar-refractivity contribution in [2.45, 2.75) is 13.5 Å². The number of nitro benzene ring substituents is 1. The third kappa shape index (κ3) is 3.19.